The molecule has 0 aliphatic heterocycles. The van der Waals surface area contributed by atoms with Gasteiger partial charge in [0, 0.05) is 12.4 Å². The maximum absolute atomic E-state index is 11.2. The molecule has 2 aromatic rings. The fourth-order valence-corrected chi connectivity index (χ4v) is 1.44. The summed E-state index contributed by atoms with van der Waals surface area (Å²) < 4.78 is 1.53. The minimum atomic E-state index is -0.569. The molecule has 0 saturated carbocycles. The minimum Gasteiger partial charge on any atom is -0.365 e. The molecule has 1 amide bonds. The van der Waals surface area contributed by atoms with Gasteiger partial charge in [-0.3, -0.25) is 9.36 Å². The number of hydrogen-bond acceptors (Lipinski definition) is 3. The van der Waals surface area contributed by atoms with Crippen molar-refractivity contribution in [2.75, 3.05) is 0 Å². The fraction of sp³-hybridized carbons (Fsp3) is 0. The van der Waals surface area contributed by atoms with Gasteiger partial charge in [0.15, 0.2) is 0 Å². The molecule has 0 radical (unpaired) electrons. The molecule has 0 aliphatic carbocycles. The molecule has 0 aliphatic rings. The first-order valence-corrected chi connectivity index (χ1v) is 4.56. The van der Waals surface area contributed by atoms with E-state index in [1.807, 2.05) is 6.07 Å². The first kappa shape index (κ1) is 9.93. The SMILES string of the molecule is N#Cc1cccn1-c1ncccc1C(N)=O. The van der Waals surface area contributed by atoms with Crippen molar-refractivity contribution in [1.29, 1.82) is 5.26 Å². The number of carbonyl (C=O) groups is 1. The summed E-state index contributed by atoms with van der Waals surface area (Å²) in [7, 11) is 0. The van der Waals surface area contributed by atoms with Crippen molar-refractivity contribution in [3.8, 4) is 11.9 Å². The molecule has 0 fully saturated rings. The Kier molecular flexibility index (Phi) is 2.40. The van der Waals surface area contributed by atoms with Crippen LogP contribution in [-0.2, 0) is 0 Å². The third-order valence-corrected chi connectivity index (χ3v) is 2.14. The van der Waals surface area contributed by atoms with Crippen LogP contribution in [0.3, 0.4) is 0 Å². The molecule has 0 spiro atoms. The van der Waals surface area contributed by atoms with Crippen LogP contribution in [0.2, 0.25) is 0 Å². The van der Waals surface area contributed by atoms with Gasteiger partial charge in [0.2, 0.25) is 0 Å². The maximum Gasteiger partial charge on any atom is 0.252 e. The van der Waals surface area contributed by atoms with E-state index in [0.29, 0.717) is 11.5 Å². The van der Waals surface area contributed by atoms with E-state index in [2.05, 4.69) is 4.98 Å². The number of nitriles is 1. The number of primary amides is 1. The molecule has 78 valence electrons. The van der Waals surface area contributed by atoms with Gasteiger partial charge in [-0.05, 0) is 24.3 Å². The van der Waals surface area contributed by atoms with E-state index in [1.54, 1.807) is 36.7 Å². The van der Waals surface area contributed by atoms with E-state index in [9.17, 15) is 4.79 Å². The number of carbonyl (C=O) groups excluding carboxylic acids is 1. The Labute approximate surface area is 91.8 Å². The summed E-state index contributed by atoms with van der Waals surface area (Å²) in [5, 5.41) is 8.88. The second-order valence-corrected chi connectivity index (χ2v) is 3.11. The van der Waals surface area contributed by atoms with E-state index in [1.165, 1.54) is 4.57 Å². The second-order valence-electron chi connectivity index (χ2n) is 3.11. The van der Waals surface area contributed by atoms with Crippen LogP contribution >= 0.6 is 0 Å². The molecule has 2 aromatic heterocycles. The maximum atomic E-state index is 11.2. The lowest BCUT2D eigenvalue weighted by atomic mass is 10.2. The van der Waals surface area contributed by atoms with Gasteiger partial charge in [0.05, 0.1) is 5.56 Å². The Balaban J connectivity index is 2.66. The minimum absolute atomic E-state index is 0.287. The van der Waals surface area contributed by atoms with Crippen molar-refractivity contribution in [2.24, 2.45) is 5.73 Å². The summed E-state index contributed by atoms with van der Waals surface area (Å²) in [6.45, 7) is 0. The molecule has 16 heavy (non-hydrogen) atoms. The van der Waals surface area contributed by atoms with Crippen LogP contribution in [0.25, 0.3) is 5.82 Å². The summed E-state index contributed by atoms with van der Waals surface area (Å²) in [6, 6.07) is 8.56. The highest BCUT2D eigenvalue weighted by Gasteiger charge is 2.12. The highest BCUT2D eigenvalue weighted by atomic mass is 16.1. The summed E-state index contributed by atoms with van der Waals surface area (Å²) in [6.07, 6.45) is 3.20. The average Bonchev–Trinajstić information content (AvgIpc) is 2.76. The number of pyridine rings is 1. The standard InChI is InChI=1S/C11H8N4O/c12-7-8-3-2-6-15(8)11-9(10(13)16)4-1-5-14-11/h1-6H,(H2,13,16). The number of aromatic nitrogens is 2. The predicted molar refractivity (Wildman–Crippen MR) is 56.8 cm³/mol. The smallest absolute Gasteiger partial charge is 0.252 e. The van der Waals surface area contributed by atoms with Crippen LogP contribution in [0.1, 0.15) is 16.1 Å². The highest BCUT2D eigenvalue weighted by Crippen LogP contribution is 2.13. The summed E-state index contributed by atoms with van der Waals surface area (Å²) in [4.78, 5) is 15.3. The molecule has 0 aromatic carbocycles. The Morgan fingerprint density at radius 1 is 1.44 bits per heavy atom. The number of amides is 1. The van der Waals surface area contributed by atoms with Gasteiger partial charge in [-0.1, -0.05) is 0 Å². The van der Waals surface area contributed by atoms with Gasteiger partial charge in [0.1, 0.15) is 17.6 Å². The first-order valence-electron chi connectivity index (χ1n) is 4.56. The third kappa shape index (κ3) is 1.53. The van der Waals surface area contributed by atoms with E-state index in [-0.39, 0.29) is 5.56 Å². The summed E-state index contributed by atoms with van der Waals surface area (Å²) in [5.74, 6) is -0.197. The van der Waals surface area contributed by atoms with Crippen molar-refractivity contribution in [3.63, 3.8) is 0 Å². The van der Waals surface area contributed by atoms with Gasteiger partial charge in [-0.25, -0.2) is 4.98 Å². The van der Waals surface area contributed by atoms with Crippen molar-refractivity contribution >= 4 is 5.91 Å². The molecule has 0 saturated heterocycles. The molecule has 2 N–H and O–H groups in total. The van der Waals surface area contributed by atoms with Crippen molar-refractivity contribution in [1.82, 2.24) is 9.55 Å². The number of rotatable bonds is 2. The zero-order valence-electron chi connectivity index (χ0n) is 8.29. The van der Waals surface area contributed by atoms with Gasteiger partial charge < -0.3 is 5.73 Å². The van der Waals surface area contributed by atoms with Gasteiger partial charge in [-0.15, -0.1) is 0 Å². The topological polar surface area (TPSA) is 84.7 Å². The lowest BCUT2D eigenvalue weighted by molar-refractivity contribution is 0.1000. The molecular formula is C11H8N4O. The molecule has 5 heteroatoms. The van der Waals surface area contributed by atoms with Crippen LogP contribution in [0.15, 0.2) is 36.7 Å². The molecular weight excluding hydrogens is 204 g/mol. The van der Waals surface area contributed by atoms with E-state index in [0.717, 1.165) is 0 Å². The largest absolute Gasteiger partial charge is 0.365 e. The second kappa shape index (κ2) is 3.87. The van der Waals surface area contributed by atoms with Crippen LogP contribution in [0.4, 0.5) is 0 Å². The summed E-state index contributed by atoms with van der Waals surface area (Å²) in [5.41, 5.74) is 5.93. The van der Waals surface area contributed by atoms with Gasteiger partial charge in [0.25, 0.3) is 5.91 Å². The number of nitrogens with zero attached hydrogens (tertiary/aromatic N) is 3. The monoisotopic (exact) mass is 212 g/mol. The highest BCUT2D eigenvalue weighted by molar-refractivity contribution is 5.95. The van der Waals surface area contributed by atoms with Crippen LogP contribution in [0.5, 0.6) is 0 Å². The lowest BCUT2D eigenvalue weighted by Gasteiger charge is -2.07. The predicted octanol–water partition coefficient (Wildman–Crippen LogP) is 0.843. The molecule has 0 atom stereocenters. The van der Waals surface area contributed by atoms with E-state index in [4.69, 9.17) is 11.0 Å². The molecule has 0 bridgehead atoms. The Morgan fingerprint density at radius 2 is 2.25 bits per heavy atom. The molecule has 0 unspecified atom stereocenters. The van der Waals surface area contributed by atoms with Crippen molar-refractivity contribution < 1.29 is 4.79 Å². The Hall–Kier alpha value is -2.61. The van der Waals surface area contributed by atoms with Gasteiger partial charge in [-0.2, -0.15) is 5.26 Å². The van der Waals surface area contributed by atoms with E-state index < -0.39 is 5.91 Å². The average molecular weight is 212 g/mol. The normalized spacial score (nSPS) is 9.69. The lowest BCUT2D eigenvalue weighted by Crippen LogP contribution is -2.15. The fourth-order valence-electron chi connectivity index (χ4n) is 1.44. The number of nitrogens with two attached hydrogens (primary N) is 1. The van der Waals surface area contributed by atoms with E-state index >= 15 is 0 Å². The third-order valence-electron chi connectivity index (χ3n) is 2.14. The quantitative estimate of drug-likeness (QED) is 0.800. The van der Waals surface area contributed by atoms with Crippen molar-refractivity contribution in [2.45, 2.75) is 0 Å². The van der Waals surface area contributed by atoms with Crippen LogP contribution in [-0.4, -0.2) is 15.5 Å². The molecule has 2 rings (SSSR count). The summed E-state index contributed by atoms with van der Waals surface area (Å²) >= 11 is 0. The molecule has 5 nitrogen and oxygen atoms in total. The van der Waals surface area contributed by atoms with Gasteiger partial charge >= 0.3 is 0 Å². The zero-order chi connectivity index (χ0) is 11.5. The molecule has 2 heterocycles. The first-order chi connectivity index (χ1) is 7.74. The van der Waals surface area contributed by atoms with Crippen LogP contribution in [0, 0.1) is 11.3 Å². The number of hydrogen-bond donors (Lipinski definition) is 1. The Morgan fingerprint density at radius 3 is 2.94 bits per heavy atom. The van der Waals surface area contributed by atoms with Crippen molar-refractivity contribution in [3.05, 3.63) is 47.9 Å². The Bertz CT molecular complexity index is 580. The van der Waals surface area contributed by atoms with Crippen LogP contribution < -0.4 is 5.73 Å². The zero-order valence-corrected chi connectivity index (χ0v) is 8.29.